The van der Waals surface area contributed by atoms with Gasteiger partial charge in [-0.25, -0.2) is 4.79 Å². The molecule has 0 aromatic heterocycles. The molecular weight excluding hydrogens is 379 g/mol. The zero-order chi connectivity index (χ0) is 15.5. The van der Waals surface area contributed by atoms with Gasteiger partial charge in [0.1, 0.15) is 12.1 Å². The van der Waals surface area contributed by atoms with Gasteiger partial charge in [0, 0.05) is 9.13 Å². The monoisotopic (exact) mass is 403 g/mol. The number of piperazine rings is 1. The number of carbonyl (C=O) groups excluding carboxylic acids is 1. The Kier molecular flexibility index (Phi) is 5.48. The summed E-state index contributed by atoms with van der Waals surface area (Å²) in [6.07, 6.45) is -0.184. The molecule has 0 spiro atoms. The molecule has 1 heterocycles. The van der Waals surface area contributed by atoms with Gasteiger partial charge in [-0.2, -0.15) is 0 Å². The SMILES string of the molecule is CC(C)(C)OC(=O)N1CC[NH+](Cc2cccc(I)c2)CC1. The van der Waals surface area contributed by atoms with Crippen LogP contribution in [0.2, 0.25) is 0 Å². The normalized spacial score (nSPS) is 16.9. The Morgan fingerprint density at radius 3 is 2.57 bits per heavy atom. The highest BCUT2D eigenvalue weighted by atomic mass is 127. The lowest BCUT2D eigenvalue weighted by Crippen LogP contribution is -3.13. The van der Waals surface area contributed by atoms with E-state index in [0.717, 1.165) is 32.7 Å². The van der Waals surface area contributed by atoms with Crippen molar-refractivity contribution in [2.75, 3.05) is 26.2 Å². The molecule has 0 bridgehead atoms. The van der Waals surface area contributed by atoms with Crippen molar-refractivity contribution < 1.29 is 14.4 Å². The third-order valence-electron chi connectivity index (χ3n) is 3.47. The van der Waals surface area contributed by atoms with Gasteiger partial charge in [0.25, 0.3) is 0 Å². The molecule has 1 aromatic carbocycles. The molecule has 0 aliphatic carbocycles. The molecule has 0 unspecified atom stereocenters. The molecular formula is C16H24IN2O2+. The second-order valence-electron chi connectivity index (χ2n) is 6.52. The second-order valence-corrected chi connectivity index (χ2v) is 7.77. The molecule has 5 heteroatoms. The van der Waals surface area contributed by atoms with Crippen molar-refractivity contribution in [3.8, 4) is 0 Å². The number of nitrogens with zero attached hydrogens (tertiary/aromatic N) is 1. The molecule has 116 valence electrons. The van der Waals surface area contributed by atoms with Crippen LogP contribution < -0.4 is 4.90 Å². The molecule has 1 fully saturated rings. The van der Waals surface area contributed by atoms with Gasteiger partial charge in [0.15, 0.2) is 0 Å². The van der Waals surface area contributed by atoms with Gasteiger partial charge in [-0.3, -0.25) is 4.90 Å². The summed E-state index contributed by atoms with van der Waals surface area (Å²) in [4.78, 5) is 15.4. The van der Waals surface area contributed by atoms with Gasteiger partial charge in [0.2, 0.25) is 0 Å². The number of nitrogens with one attached hydrogen (secondary N) is 1. The van der Waals surface area contributed by atoms with E-state index in [1.54, 1.807) is 0 Å². The smallest absolute Gasteiger partial charge is 0.410 e. The van der Waals surface area contributed by atoms with Crippen LogP contribution in [0.15, 0.2) is 24.3 Å². The lowest BCUT2D eigenvalue weighted by atomic mass is 10.2. The molecule has 1 N–H and O–H groups in total. The van der Waals surface area contributed by atoms with Crippen molar-refractivity contribution in [1.82, 2.24) is 4.90 Å². The van der Waals surface area contributed by atoms with Crippen LogP contribution in [0.25, 0.3) is 0 Å². The Morgan fingerprint density at radius 2 is 2.00 bits per heavy atom. The molecule has 1 saturated heterocycles. The first kappa shape index (κ1) is 16.5. The highest BCUT2D eigenvalue weighted by molar-refractivity contribution is 14.1. The van der Waals surface area contributed by atoms with E-state index in [1.807, 2.05) is 25.7 Å². The maximum atomic E-state index is 12.0. The molecule has 21 heavy (non-hydrogen) atoms. The van der Waals surface area contributed by atoms with Crippen LogP contribution in [-0.4, -0.2) is 42.8 Å². The van der Waals surface area contributed by atoms with Crippen LogP contribution in [0, 0.1) is 3.57 Å². The minimum atomic E-state index is -0.415. The van der Waals surface area contributed by atoms with Crippen molar-refractivity contribution in [2.45, 2.75) is 32.9 Å². The molecule has 2 rings (SSSR count). The third-order valence-corrected chi connectivity index (χ3v) is 4.14. The zero-order valence-electron chi connectivity index (χ0n) is 13.0. The summed E-state index contributed by atoms with van der Waals surface area (Å²) in [7, 11) is 0. The number of ether oxygens (including phenoxy) is 1. The lowest BCUT2D eigenvalue weighted by Gasteiger charge is -2.33. The van der Waals surface area contributed by atoms with E-state index in [9.17, 15) is 4.79 Å². The Hall–Kier alpha value is -0.820. The van der Waals surface area contributed by atoms with Crippen molar-refractivity contribution in [1.29, 1.82) is 0 Å². The molecule has 1 aromatic rings. The predicted molar refractivity (Wildman–Crippen MR) is 91.4 cm³/mol. The second kappa shape index (κ2) is 6.96. The fourth-order valence-corrected chi connectivity index (χ4v) is 3.05. The Balaban J connectivity index is 1.82. The molecule has 0 atom stereocenters. The van der Waals surface area contributed by atoms with Gasteiger partial charge < -0.3 is 9.64 Å². The molecule has 4 nitrogen and oxygen atoms in total. The predicted octanol–water partition coefficient (Wildman–Crippen LogP) is 1.93. The van der Waals surface area contributed by atoms with Crippen molar-refractivity contribution in [3.63, 3.8) is 0 Å². The summed E-state index contributed by atoms with van der Waals surface area (Å²) >= 11 is 2.35. The minimum Gasteiger partial charge on any atom is -0.444 e. The largest absolute Gasteiger partial charge is 0.444 e. The first-order valence-electron chi connectivity index (χ1n) is 7.39. The number of quaternary nitrogens is 1. The van der Waals surface area contributed by atoms with Crippen LogP contribution in [0.5, 0.6) is 0 Å². The average Bonchev–Trinajstić information content (AvgIpc) is 2.37. The van der Waals surface area contributed by atoms with E-state index >= 15 is 0 Å². The summed E-state index contributed by atoms with van der Waals surface area (Å²) in [5, 5.41) is 0. The lowest BCUT2D eigenvalue weighted by molar-refractivity contribution is -0.917. The zero-order valence-corrected chi connectivity index (χ0v) is 15.1. The van der Waals surface area contributed by atoms with Crippen LogP contribution in [0.3, 0.4) is 0 Å². The summed E-state index contributed by atoms with van der Waals surface area (Å²) in [5.41, 5.74) is 0.949. The number of benzene rings is 1. The van der Waals surface area contributed by atoms with Gasteiger partial charge in [0.05, 0.1) is 26.2 Å². The Labute approximate surface area is 140 Å². The highest BCUT2D eigenvalue weighted by Gasteiger charge is 2.27. The standard InChI is InChI=1S/C16H23IN2O2/c1-16(2,3)21-15(20)19-9-7-18(8-10-19)12-13-5-4-6-14(17)11-13/h4-6,11H,7-10,12H2,1-3H3/p+1. The van der Waals surface area contributed by atoms with Gasteiger partial charge in [-0.05, 0) is 55.5 Å². The van der Waals surface area contributed by atoms with Crippen LogP contribution in [0.4, 0.5) is 4.79 Å². The molecule has 0 radical (unpaired) electrons. The molecule has 0 saturated carbocycles. The summed E-state index contributed by atoms with van der Waals surface area (Å²) in [5.74, 6) is 0. The van der Waals surface area contributed by atoms with E-state index in [0.29, 0.717) is 0 Å². The maximum Gasteiger partial charge on any atom is 0.410 e. The van der Waals surface area contributed by atoms with Crippen LogP contribution in [-0.2, 0) is 11.3 Å². The van der Waals surface area contributed by atoms with E-state index < -0.39 is 5.60 Å². The topological polar surface area (TPSA) is 34.0 Å². The average molecular weight is 403 g/mol. The summed E-state index contributed by atoms with van der Waals surface area (Å²) in [6, 6.07) is 8.62. The van der Waals surface area contributed by atoms with Gasteiger partial charge >= 0.3 is 6.09 Å². The Morgan fingerprint density at radius 1 is 1.33 bits per heavy atom. The summed E-state index contributed by atoms with van der Waals surface area (Å²) < 4.78 is 6.70. The fourth-order valence-electron chi connectivity index (χ4n) is 2.44. The molecule has 1 amide bonds. The van der Waals surface area contributed by atoms with Crippen molar-refractivity contribution in [3.05, 3.63) is 33.4 Å². The quantitative estimate of drug-likeness (QED) is 0.766. The molecule has 1 aliphatic heterocycles. The van der Waals surface area contributed by atoms with E-state index in [1.165, 1.54) is 14.0 Å². The maximum absolute atomic E-state index is 12.0. The van der Waals surface area contributed by atoms with Gasteiger partial charge in [-0.1, -0.05) is 12.1 Å². The van der Waals surface area contributed by atoms with Crippen molar-refractivity contribution >= 4 is 28.7 Å². The Bertz CT molecular complexity index is 491. The minimum absolute atomic E-state index is 0.184. The number of rotatable bonds is 2. The van der Waals surface area contributed by atoms with Gasteiger partial charge in [-0.15, -0.1) is 0 Å². The number of carbonyl (C=O) groups is 1. The number of hydrogen-bond acceptors (Lipinski definition) is 2. The third kappa shape index (κ3) is 5.47. The fraction of sp³-hybridized carbons (Fsp3) is 0.562. The first-order valence-corrected chi connectivity index (χ1v) is 8.47. The van der Waals surface area contributed by atoms with Crippen LogP contribution in [0.1, 0.15) is 26.3 Å². The summed E-state index contributed by atoms with van der Waals surface area (Å²) in [6.45, 7) is 10.2. The molecule has 1 aliphatic rings. The number of halogens is 1. The van der Waals surface area contributed by atoms with E-state index in [-0.39, 0.29) is 6.09 Å². The van der Waals surface area contributed by atoms with Crippen LogP contribution >= 0.6 is 22.6 Å². The van der Waals surface area contributed by atoms with Crippen molar-refractivity contribution in [2.24, 2.45) is 0 Å². The number of amides is 1. The van der Waals surface area contributed by atoms with E-state index in [4.69, 9.17) is 4.74 Å². The van der Waals surface area contributed by atoms with E-state index in [2.05, 4.69) is 46.9 Å². The number of hydrogen-bond donors (Lipinski definition) is 1. The first-order chi connectivity index (χ1) is 9.83. The highest BCUT2D eigenvalue weighted by Crippen LogP contribution is 2.10.